The van der Waals surface area contributed by atoms with Gasteiger partial charge in [0, 0.05) is 11.2 Å². The smallest absolute Gasteiger partial charge is 0.226 e. The third-order valence-electron chi connectivity index (χ3n) is 8.54. The monoisotopic (exact) mass is 480 g/mol. The van der Waals surface area contributed by atoms with Crippen LogP contribution in [0.4, 0.5) is 0 Å². The van der Waals surface area contributed by atoms with Crippen molar-refractivity contribution in [3.63, 3.8) is 0 Å². The van der Waals surface area contributed by atoms with Gasteiger partial charge in [-0.2, -0.15) is 0 Å². The van der Waals surface area contributed by atoms with E-state index in [0.717, 1.165) is 73.0 Å². The Morgan fingerprint density at radius 3 is 2.21 bits per heavy atom. The van der Waals surface area contributed by atoms with Crippen molar-refractivity contribution < 1.29 is 4.79 Å². The van der Waals surface area contributed by atoms with Gasteiger partial charge in [-0.15, -0.1) is 10.2 Å². The molecule has 34 heavy (non-hydrogen) atoms. The number of carbonyl (C=O) groups excluding carboxylic acids is 1. The van der Waals surface area contributed by atoms with E-state index in [-0.39, 0.29) is 11.3 Å². The Labute approximate surface area is 208 Å². The first-order valence-corrected chi connectivity index (χ1v) is 14.5. The molecule has 4 saturated carbocycles. The van der Waals surface area contributed by atoms with Crippen LogP contribution in [0.15, 0.2) is 23.4 Å². The van der Waals surface area contributed by atoms with Gasteiger partial charge in [0.15, 0.2) is 11.0 Å². The molecule has 1 heterocycles. The van der Waals surface area contributed by atoms with E-state index in [4.69, 9.17) is 0 Å². The van der Waals surface area contributed by atoms with Gasteiger partial charge in [-0.05, 0) is 86.7 Å². The van der Waals surface area contributed by atoms with E-state index in [1.165, 1.54) is 42.5 Å². The van der Waals surface area contributed by atoms with Crippen molar-refractivity contribution in [3.05, 3.63) is 35.2 Å². The number of benzene rings is 1. The van der Waals surface area contributed by atoms with Gasteiger partial charge >= 0.3 is 0 Å². The second kappa shape index (κ2) is 10.0. The summed E-state index contributed by atoms with van der Waals surface area (Å²) < 4.78 is 2.25. The van der Waals surface area contributed by atoms with Crippen molar-refractivity contribution in [1.82, 2.24) is 20.1 Å². The minimum absolute atomic E-state index is 0.131. The SMILES string of the molecule is CCCCSc1nnc(CNC(=O)C23CC4CC(CC(C4)C2)C3)n1-c1c(CC)cccc1CC. The maximum absolute atomic E-state index is 13.6. The van der Waals surface area contributed by atoms with Crippen LogP contribution >= 0.6 is 11.8 Å². The Morgan fingerprint density at radius 2 is 1.65 bits per heavy atom. The van der Waals surface area contributed by atoms with Gasteiger partial charge in [-0.3, -0.25) is 9.36 Å². The molecule has 2 aromatic rings. The predicted molar refractivity (Wildman–Crippen MR) is 138 cm³/mol. The van der Waals surface area contributed by atoms with Gasteiger partial charge < -0.3 is 5.32 Å². The number of aromatic nitrogens is 3. The molecule has 1 aromatic carbocycles. The fourth-order valence-electron chi connectivity index (χ4n) is 7.28. The second-order valence-corrected chi connectivity index (χ2v) is 12.0. The fourth-order valence-corrected chi connectivity index (χ4v) is 8.32. The Bertz CT molecular complexity index is 972. The molecule has 0 spiro atoms. The average Bonchev–Trinajstić information content (AvgIpc) is 3.23. The van der Waals surface area contributed by atoms with Crippen LogP contribution in [0.5, 0.6) is 0 Å². The standard InChI is InChI=1S/C28H40N4OS/c1-4-7-11-34-27-31-30-24(32(27)25-22(5-2)9-8-10-23(25)6-3)18-29-26(33)28-15-19-12-20(16-28)14-21(13-19)17-28/h8-10,19-21H,4-7,11-18H2,1-3H3,(H,29,33). The summed E-state index contributed by atoms with van der Waals surface area (Å²) in [5, 5.41) is 13.5. The van der Waals surface area contributed by atoms with Gasteiger partial charge in [0.2, 0.25) is 5.91 Å². The van der Waals surface area contributed by atoms with Crippen LogP contribution in [0.2, 0.25) is 0 Å². The summed E-state index contributed by atoms with van der Waals surface area (Å²) in [5.41, 5.74) is 3.71. The summed E-state index contributed by atoms with van der Waals surface area (Å²) in [6.07, 6.45) is 11.6. The highest BCUT2D eigenvalue weighted by molar-refractivity contribution is 7.99. The summed E-state index contributed by atoms with van der Waals surface area (Å²) in [6.45, 7) is 7.09. The molecule has 1 N–H and O–H groups in total. The number of amides is 1. The molecule has 184 valence electrons. The number of hydrogen-bond donors (Lipinski definition) is 1. The zero-order valence-corrected chi connectivity index (χ0v) is 21.9. The molecule has 4 aliphatic rings. The maximum atomic E-state index is 13.6. The second-order valence-electron chi connectivity index (χ2n) is 10.9. The highest BCUT2D eigenvalue weighted by Crippen LogP contribution is 2.60. The normalized spacial score (nSPS) is 27.3. The van der Waals surface area contributed by atoms with E-state index in [1.54, 1.807) is 11.8 Å². The zero-order valence-electron chi connectivity index (χ0n) is 21.1. The molecular weight excluding hydrogens is 440 g/mol. The first-order chi connectivity index (χ1) is 16.6. The number of unbranched alkanes of at least 4 members (excludes halogenated alkanes) is 1. The van der Waals surface area contributed by atoms with E-state index in [2.05, 4.69) is 59.1 Å². The van der Waals surface area contributed by atoms with E-state index in [9.17, 15) is 4.79 Å². The van der Waals surface area contributed by atoms with Gasteiger partial charge in [0.25, 0.3) is 0 Å². The van der Waals surface area contributed by atoms with Crippen LogP contribution < -0.4 is 5.32 Å². The predicted octanol–water partition coefficient (Wildman–Crippen LogP) is 6.12. The van der Waals surface area contributed by atoms with Crippen LogP contribution in [-0.4, -0.2) is 26.4 Å². The number of thioether (sulfide) groups is 1. The van der Waals surface area contributed by atoms with Gasteiger partial charge in [0.05, 0.1) is 12.2 Å². The Hall–Kier alpha value is -1.82. The summed E-state index contributed by atoms with van der Waals surface area (Å²) in [7, 11) is 0. The summed E-state index contributed by atoms with van der Waals surface area (Å²) in [5.74, 6) is 4.46. The van der Waals surface area contributed by atoms with Crippen molar-refractivity contribution in [2.75, 3.05) is 5.75 Å². The summed E-state index contributed by atoms with van der Waals surface area (Å²) >= 11 is 1.78. The topological polar surface area (TPSA) is 59.8 Å². The molecule has 6 heteroatoms. The van der Waals surface area contributed by atoms with Crippen LogP contribution in [0.1, 0.15) is 89.1 Å². The zero-order chi connectivity index (χ0) is 23.7. The number of para-hydroxylation sites is 1. The van der Waals surface area contributed by atoms with E-state index in [1.807, 2.05) is 0 Å². The first kappa shape index (κ1) is 23.9. The summed E-state index contributed by atoms with van der Waals surface area (Å²) in [6, 6.07) is 6.59. The Balaban J connectivity index is 1.42. The highest BCUT2D eigenvalue weighted by atomic mass is 32.2. The quantitative estimate of drug-likeness (QED) is 0.329. The minimum atomic E-state index is -0.131. The van der Waals surface area contributed by atoms with Gasteiger partial charge in [-0.1, -0.05) is 57.2 Å². The van der Waals surface area contributed by atoms with Crippen molar-refractivity contribution in [2.24, 2.45) is 23.2 Å². The van der Waals surface area contributed by atoms with Crippen LogP contribution in [0.3, 0.4) is 0 Å². The molecule has 1 amide bonds. The number of rotatable bonds is 10. The minimum Gasteiger partial charge on any atom is -0.348 e. The molecule has 0 aliphatic heterocycles. The maximum Gasteiger partial charge on any atom is 0.226 e. The molecule has 0 atom stereocenters. The van der Waals surface area contributed by atoms with Crippen LogP contribution in [0, 0.1) is 23.2 Å². The number of nitrogens with one attached hydrogen (secondary N) is 1. The third-order valence-corrected chi connectivity index (χ3v) is 9.56. The lowest BCUT2D eigenvalue weighted by Crippen LogP contribution is -2.53. The lowest BCUT2D eigenvalue weighted by Gasteiger charge is -2.55. The average molecular weight is 481 g/mol. The lowest BCUT2D eigenvalue weighted by molar-refractivity contribution is -0.146. The number of aryl methyl sites for hydroxylation is 2. The van der Waals surface area contributed by atoms with E-state index < -0.39 is 0 Å². The Morgan fingerprint density at radius 1 is 1.03 bits per heavy atom. The summed E-state index contributed by atoms with van der Waals surface area (Å²) in [4.78, 5) is 13.6. The largest absolute Gasteiger partial charge is 0.348 e. The first-order valence-electron chi connectivity index (χ1n) is 13.5. The molecule has 5 nitrogen and oxygen atoms in total. The third kappa shape index (κ3) is 4.43. The van der Waals surface area contributed by atoms with E-state index in [0.29, 0.717) is 6.54 Å². The lowest BCUT2D eigenvalue weighted by atomic mass is 9.49. The van der Waals surface area contributed by atoms with Crippen molar-refractivity contribution >= 4 is 17.7 Å². The van der Waals surface area contributed by atoms with Gasteiger partial charge in [-0.25, -0.2) is 0 Å². The Kier molecular flexibility index (Phi) is 7.06. The number of hydrogen-bond acceptors (Lipinski definition) is 4. The molecule has 4 fully saturated rings. The molecular formula is C28H40N4OS. The van der Waals surface area contributed by atoms with Crippen molar-refractivity contribution in [2.45, 2.75) is 96.7 Å². The number of nitrogens with zero attached hydrogens (tertiary/aromatic N) is 3. The molecule has 4 bridgehead atoms. The molecule has 0 radical (unpaired) electrons. The van der Waals surface area contributed by atoms with Crippen molar-refractivity contribution in [3.8, 4) is 5.69 Å². The molecule has 1 aromatic heterocycles. The highest BCUT2D eigenvalue weighted by Gasteiger charge is 2.54. The molecule has 6 rings (SSSR count). The number of carbonyl (C=O) groups is 1. The molecule has 0 unspecified atom stereocenters. The molecule has 0 saturated heterocycles. The van der Waals surface area contributed by atoms with Crippen LogP contribution in [0.25, 0.3) is 5.69 Å². The van der Waals surface area contributed by atoms with E-state index >= 15 is 0 Å². The molecule has 4 aliphatic carbocycles. The van der Waals surface area contributed by atoms with Crippen LogP contribution in [-0.2, 0) is 24.2 Å². The van der Waals surface area contributed by atoms with Crippen molar-refractivity contribution in [1.29, 1.82) is 0 Å². The fraction of sp³-hybridized carbons (Fsp3) is 0.679. The van der Waals surface area contributed by atoms with Gasteiger partial charge in [0.1, 0.15) is 0 Å².